The molecular formula is C13H23N5O. The number of anilines is 2. The molecule has 0 spiro atoms. The van der Waals surface area contributed by atoms with E-state index in [1.54, 1.807) is 7.11 Å². The molecule has 1 aliphatic rings. The maximum Gasteiger partial charge on any atom is 0.205 e. The number of hydrogen-bond donors (Lipinski definition) is 3. The van der Waals surface area contributed by atoms with Crippen LogP contribution in [0.1, 0.15) is 39.0 Å². The summed E-state index contributed by atoms with van der Waals surface area (Å²) in [7, 11) is 1.60. The molecule has 19 heavy (non-hydrogen) atoms. The Morgan fingerprint density at radius 3 is 2.68 bits per heavy atom. The maximum atomic E-state index is 5.43. The monoisotopic (exact) mass is 265 g/mol. The smallest absolute Gasteiger partial charge is 0.205 e. The zero-order chi connectivity index (χ0) is 13.7. The molecule has 1 aromatic heterocycles. The van der Waals surface area contributed by atoms with E-state index < -0.39 is 0 Å². The van der Waals surface area contributed by atoms with Crippen LogP contribution in [0.25, 0.3) is 0 Å². The summed E-state index contributed by atoms with van der Waals surface area (Å²) in [5.41, 5.74) is 2.53. The van der Waals surface area contributed by atoms with Crippen LogP contribution in [-0.2, 0) is 0 Å². The molecule has 2 rings (SSSR count). The second-order valence-electron chi connectivity index (χ2n) is 5.11. The van der Waals surface area contributed by atoms with Crippen molar-refractivity contribution < 1.29 is 4.74 Å². The van der Waals surface area contributed by atoms with E-state index in [4.69, 9.17) is 10.6 Å². The highest BCUT2D eigenvalue weighted by molar-refractivity contribution is 5.63. The average Bonchev–Trinajstić information content (AvgIpc) is 2.64. The molecule has 106 valence electrons. The minimum absolute atomic E-state index is 0.428. The fraction of sp³-hybridized carbons (Fsp3) is 0.692. The van der Waals surface area contributed by atoms with Crippen LogP contribution in [0.4, 0.5) is 11.6 Å². The highest BCUT2D eigenvalue weighted by atomic mass is 16.5. The van der Waals surface area contributed by atoms with Crippen molar-refractivity contribution in [1.82, 2.24) is 9.97 Å². The summed E-state index contributed by atoms with van der Waals surface area (Å²) < 4.78 is 5.35. The molecule has 2 unspecified atom stereocenters. The Labute approximate surface area is 114 Å². The topological polar surface area (TPSA) is 85.1 Å². The quantitative estimate of drug-likeness (QED) is 0.439. The SMILES string of the molecule is COc1c(NN)ncnc1NC1CCCCCC1C. The van der Waals surface area contributed by atoms with Crippen LogP contribution >= 0.6 is 0 Å². The zero-order valence-corrected chi connectivity index (χ0v) is 11.6. The van der Waals surface area contributed by atoms with Gasteiger partial charge in [0.2, 0.25) is 5.75 Å². The van der Waals surface area contributed by atoms with Crippen LogP contribution in [0.5, 0.6) is 5.75 Å². The van der Waals surface area contributed by atoms with Crippen molar-refractivity contribution in [3.8, 4) is 5.75 Å². The number of nitrogens with two attached hydrogens (primary N) is 1. The molecule has 2 atom stereocenters. The number of aromatic nitrogens is 2. The molecule has 1 aliphatic carbocycles. The Balaban J connectivity index is 2.17. The summed E-state index contributed by atoms with van der Waals surface area (Å²) in [6, 6.07) is 0.428. The van der Waals surface area contributed by atoms with E-state index in [1.807, 2.05) is 0 Å². The van der Waals surface area contributed by atoms with Gasteiger partial charge in [-0.25, -0.2) is 15.8 Å². The van der Waals surface area contributed by atoms with Crippen molar-refractivity contribution in [3.63, 3.8) is 0 Å². The van der Waals surface area contributed by atoms with Gasteiger partial charge in [0, 0.05) is 6.04 Å². The van der Waals surface area contributed by atoms with E-state index in [-0.39, 0.29) is 0 Å². The van der Waals surface area contributed by atoms with Gasteiger partial charge in [0.15, 0.2) is 11.6 Å². The van der Waals surface area contributed by atoms with Gasteiger partial charge in [-0.3, -0.25) is 0 Å². The lowest BCUT2D eigenvalue weighted by Gasteiger charge is -2.24. The standard InChI is InChI=1S/C13H23N5O/c1-9-6-4-3-5-7-10(9)17-12-11(19-2)13(18-14)16-8-15-12/h8-10H,3-7,14H2,1-2H3,(H2,15,16,17,18). The third-order valence-electron chi connectivity index (χ3n) is 3.83. The number of methoxy groups -OCH3 is 1. The number of nitrogens with one attached hydrogen (secondary N) is 2. The van der Waals surface area contributed by atoms with E-state index in [2.05, 4.69) is 27.6 Å². The zero-order valence-electron chi connectivity index (χ0n) is 11.6. The van der Waals surface area contributed by atoms with Gasteiger partial charge in [0.05, 0.1) is 7.11 Å². The predicted molar refractivity (Wildman–Crippen MR) is 76.1 cm³/mol. The normalized spacial score (nSPS) is 23.5. The molecule has 0 aliphatic heterocycles. The molecule has 1 aromatic rings. The van der Waals surface area contributed by atoms with Crippen LogP contribution in [0.2, 0.25) is 0 Å². The molecule has 0 aromatic carbocycles. The molecule has 0 amide bonds. The second-order valence-corrected chi connectivity index (χ2v) is 5.11. The van der Waals surface area contributed by atoms with Gasteiger partial charge in [-0.15, -0.1) is 0 Å². The molecule has 1 saturated carbocycles. The van der Waals surface area contributed by atoms with Crippen LogP contribution in [0, 0.1) is 5.92 Å². The van der Waals surface area contributed by atoms with Gasteiger partial charge in [0.1, 0.15) is 6.33 Å². The Hall–Kier alpha value is -1.56. The van der Waals surface area contributed by atoms with Crippen LogP contribution in [0.3, 0.4) is 0 Å². The minimum Gasteiger partial charge on any atom is -0.490 e. The molecule has 6 nitrogen and oxygen atoms in total. The lowest BCUT2D eigenvalue weighted by molar-refractivity contribution is 0.409. The minimum atomic E-state index is 0.428. The van der Waals surface area contributed by atoms with Gasteiger partial charge in [-0.2, -0.15) is 0 Å². The first kappa shape index (κ1) is 13.9. The number of nitrogen functional groups attached to an aromatic ring is 1. The highest BCUT2D eigenvalue weighted by Gasteiger charge is 2.22. The molecule has 0 saturated heterocycles. The Morgan fingerprint density at radius 2 is 1.95 bits per heavy atom. The number of nitrogens with zero attached hydrogens (tertiary/aromatic N) is 2. The second kappa shape index (κ2) is 6.56. The van der Waals surface area contributed by atoms with E-state index in [9.17, 15) is 0 Å². The number of rotatable bonds is 4. The summed E-state index contributed by atoms with van der Waals surface area (Å²) in [6.45, 7) is 2.29. The van der Waals surface area contributed by atoms with E-state index >= 15 is 0 Å². The van der Waals surface area contributed by atoms with Gasteiger partial charge in [0.25, 0.3) is 0 Å². The fourth-order valence-electron chi connectivity index (χ4n) is 2.66. The summed E-state index contributed by atoms with van der Waals surface area (Å²) in [4.78, 5) is 8.32. The van der Waals surface area contributed by atoms with Crippen LogP contribution in [0.15, 0.2) is 6.33 Å². The summed E-state index contributed by atoms with van der Waals surface area (Å²) in [5, 5.41) is 3.49. The van der Waals surface area contributed by atoms with E-state index in [1.165, 1.54) is 38.4 Å². The van der Waals surface area contributed by atoms with E-state index in [0.29, 0.717) is 29.3 Å². The number of ether oxygens (including phenoxy) is 1. The lowest BCUT2D eigenvalue weighted by atomic mass is 9.97. The van der Waals surface area contributed by atoms with Gasteiger partial charge >= 0.3 is 0 Å². The molecule has 4 N–H and O–H groups in total. The van der Waals surface area contributed by atoms with E-state index in [0.717, 1.165) is 0 Å². The third-order valence-corrected chi connectivity index (χ3v) is 3.83. The van der Waals surface area contributed by atoms with Crippen molar-refractivity contribution in [2.45, 2.75) is 45.1 Å². The van der Waals surface area contributed by atoms with Gasteiger partial charge in [-0.05, 0) is 18.8 Å². The fourth-order valence-corrected chi connectivity index (χ4v) is 2.66. The molecule has 6 heteroatoms. The first-order valence-corrected chi connectivity index (χ1v) is 6.88. The summed E-state index contributed by atoms with van der Waals surface area (Å²) >= 11 is 0. The van der Waals surface area contributed by atoms with Crippen molar-refractivity contribution in [1.29, 1.82) is 0 Å². The summed E-state index contributed by atoms with van der Waals surface area (Å²) in [5.74, 6) is 7.85. The first-order chi connectivity index (χ1) is 9.26. The molecule has 0 radical (unpaired) electrons. The van der Waals surface area contributed by atoms with Crippen LogP contribution in [-0.4, -0.2) is 23.1 Å². The molecule has 1 fully saturated rings. The van der Waals surface area contributed by atoms with Crippen molar-refractivity contribution in [2.24, 2.45) is 11.8 Å². The Morgan fingerprint density at radius 1 is 1.21 bits per heavy atom. The average molecular weight is 265 g/mol. The molecule has 0 bridgehead atoms. The third kappa shape index (κ3) is 3.26. The predicted octanol–water partition coefficient (Wildman–Crippen LogP) is 2.15. The van der Waals surface area contributed by atoms with Crippen molar-refractivity contribution in [2.75, 3.05) is 17.9 Å². The number of hydrazine groups is 1. The largest absolute Gasteiger partial charge is 0.490 e. The highest BCUT2D eigenvalue weighted by Crippen LogP contribution is 2.32. The maximum absolute atomic E-state index is 5.43. The van der Waals surface area contributed by atoms with Crippen molar-refractivity contribution >= 4 is 11.6 Å². The lowest BCUT2D eigenvalue weighted by Crippen LogP contribution is -2.27. The number of hydrogen-bond acceptors (Lipinski definition) is 6. The first-order valence-electron chi connectivity index (χ1n) is 6.88. The van der Waals surface area contributed by atoms with Crippen molar-refractivity contribution in [3.05, 3.63) is 6.33 Å². The van der Waals surface area contributed by atoms with Gasteiger partial charge < -0.3 is 15.5 Å². The summed E-state index contributed by atoms with van der Waals surface area (Å²) in [6.07, 6.45) is 7.81. The Kier molecular flexibility index (Phi) is 4.79. The molecule has 1 heterocycles. The van der Waals surface area contributed by atoms with Crippen LogP contribution < -0.4 is 21.3 Å². The molecular weight excluding hydrogens is 242 g/mol. The Bertz CT molecular complexity index is 412. The van der Waals surface area contributed by atoms with Gasteiger partial charge in [-0.1, -0.05) is 26.2 Å².